The van der Waals surface area contributed by atoms with Crippen LogP contribution in [0.25, 0.3) is 0 Å². The summed E-state index contributed by atoms with van der Waals surface area (Å²) in [5, 5.41) is 11.8. The number of carboxylic acids is 1. The third-order valence-corrected chi connectivity index (χ3v) is 3.40. The van der Waals surface area contributed by atoms with Crippen molar-refractivity contribution in [3.05, 3.63) is 18.5 Å². The number of carbonyl (C=O) groups excluding carboxylic acids is 1. The molecule has 1 atom stereocenters. The first-order valence-corrected chi connectivity index (χ1v) is 6.08. The van der Waals surface area contributed by atoms with Crippen molar-refractivity contribution in [3.63, 3.8) is 0 Å². The van der Waals surface area contributed by atoms with Crippen LogP contribution in [-0.2, 0) is 9.59 Å². The van der Waals surface area contributed by atoms with Crippen LogP contribution in [0, 0.1) is 0 Å². The molecule has 0 bridgehead atoms. The van der Waals surface area contributed by atoms with Gasteiger partial charge in [-0.1, -0.05) is 0 Å². The molecule has 1 aliphatic rings. The normalized spacial score (nSPS) is 23.2. The zero-order valence-electron chi connectivity index (χ0n) is 10.7. The Bertz CT molecular complexity index is 479. The Morgan fingerprint density at radius 2 is 2.16 bits per heavy atom. The Kier molecular flexibility index (Phi) is 3.75. The summed E-state index contributed by atoms with van der Waals surface area (Å²) in [7, 11) is 0. The monoisotopic (exact) mass is 264 g/mol. The summed E-state index contributed by atoms with van der Waals surface area (Å²) in [6.07, 6.45) is 4.38. The van der Waals surface area contributed by atoms with E-state index in [0.717, 1.165) is 6.42 Å². The molecule has 1 fully saturated rings. The molecule has 1 aromatic heterocycles. The predicted molar refractivity (Wildman–Crippen MR) is 67.5 cm³/mol. The van der Waals surface area contributed by atoms with Crippen LogP contribution < -0.4 is 5.32 Å². The molecule has 7 nitrogen and oxygen atoms in total. The molecular weight excluding hydrogens is 248 g/mol. The number of nitrogens with one attached hydrogen (secondary N) is 1. The summed E-state index contributed by atoms with van der Waals surface area (Å²) >= 11 is 0. The minimum Gasteiger partial charge on any atom is -0.480 e. The molecule has 102 valence electrons. The number of hydrogen-bond donors (Lipinski definition) is 2. The van der Waals surface area contributed by atoms with E-state index in [1.807, 2.05) is 0 Å². The van der Waals surface area contributed by atoms with Crippen LogP contribution >= 0.6 is 0 Å². The van der Waals surface area contributed by atoms with Gasteiger partial charge in [0.05, 0.1) is 6.54 Å². The fourth-order valence-corrected chi connectivity index (χ4v) is 2.22. The summed E-state index contributed by atoms with van der Waals surface area (Å²) in [4.78, 5) is 32.6. The maximum absolute atomic E-state index is 11.9. The van der Waals surface area contributed by atoms with Gasteiger partial charge in [-0.25, -0.2) is 9.97 Å². The Hall–Kier alpha value is -2.02. The third kappa shape index (κ3) is 2.87. The van der Waals surface area contributed by atoms with Gasteiger partial charge >= 0.3 is 5.97 Å². The second kappa shape index (κ2) is 5.31. The Balaban J connectivity index is 1.97. The van der Waals surface area contributed by atoms with Gasteiger partial charge in [-0.2, -0.15) is 0 Å². The number of likely N-dealkylation sites (tertiary alicyclic amines) is 1. The van der Waals surface area contributed by atoms with E-state index in [1.54, 1.807) is 17.9 Å². The zero-order chi connectivity index (χ0) is 13.9. The van der Waals surface area contributed by atoms with Crippen LogP contribution in [0.3, 0.4) is 0 Å². The van der Waals surface area contributed by atoms with Gasteiger partial charge < -0.3 is 5.11 Å². The standard InChI is InChI=1S/C12H16N4O3/c1-12(10(18)19)4-2-7-16(12)8-9(17)15-11-13-5-3-6-14-11/h3,5-6H,2,4,7-8H2,1H3,(H,18,19)(H,13,14,15,17). The number of hydrogen-bond acceptors (Lipinski definition) is 5. The van der Waals surface area contributed by atoms with Gasteiger partial charge in [0.1, 0.15) is 5.54 Å². The van der Waals surface area contributed by atoms with E-state index >= 15 is 0 Å². The van der Waals surface area contributed by atoms with Crippen molar-refractivity contribution >= 4 is 17.8 Å². The topological polar surface area (TPSA) is 95.4 Å². The average molecular weight is 264 g/mol. The van der Waals surface area contributed by atoms with E-state index in [2.05, 4.69) is 15.3 Å². The fourth-order valence-electron chi connectivity index (χ4n) is 2.22. The molecule has 2 N–H and O–H groups in total. The van der Waals surface area contributed by atoms with Crippen molar-refractivity contribution in [3.8, 4) is 0 Å². The highest BCUT2D eigenvalue weighted by molar-refractivity contribution is 5.91. The summed E-state index contributed by atoms with van der Waals surface area (Å²) in [6.45, 7) is 2.28. The summed E-state index contributed by atoms with van der Waals surface area (Å²) in [5.74, 6) is -0.974. The van der Waals surface area contributed by atoms with Gasteiger partial charge in [-0.15, -0.1) is 0 Å². The Morgan fingerprint density at radius 3 is 2.79 bits per heavy atom. The fraction of sp³-hybridized carbons (Fsp3) is 0.500. The number of aliphatic carboxylic acids is 1. The van der Waals surface area contributed by atoms with E-state index in [1.165, 1.54) is 12.4 Å². The summed E-state index contributed by atoms with van der Waals surface area (Å²) in [6, 6.07) is 1.65. The van der Waals surface area contributed by atoms with Crippen LogP contribution in [-0.4, -0.2) is 50.5 Å². The molecule has 2 rings (SSSR count). The second-order valence-corrected chi connectivity index (χ2v) is 4.72. The molecule has 0 aliphatic carbocycles. The van der Waals surface area contributed by atoms with Crippen LogP contribution in [0.15, 0.2) is 18.5 Å². The largest absolute Gasteiger partial charge is 0.480 e. The predicted octanol–water partition coefficient (Wildman–Crippen LogP) is 0.354. The van der Waals surface area contributed by atoms with Crippen molar-refractivity contribution in [2.75, 3.05) is 18.4 Å². The van der Waals surface area contributed by atoms with Gasteiger partial charge in [0.25, 0.3) is 0 Å². The minimum absolute atomic E-state index is 0.0288. The number of amides is 1. The molecule has 1 unspecified atom stereocenters. The molecule has 0 radical (unpaired) electrons. The van der Waals surface area contributed by atoms with E-state index in [0.29, 0.717) is 13.0 Å². The second-order valence-electron chi connectivity index (χ2n) is 4.72. The first-order chi connectivity index (χ1) is 9.02. The number of aromatic nitrogens is 2. The SMILES string of the molecule is CC1(C(=O)O)CCCN1CC(=O)Nc1ncccn1. The summed E-state index contributed by atoms with van der Waals surface area (Å²) < 4.78 is 0. The number of anilines is 1. The quantitative estimate of drug-likeness (QED) is 0.815. The highest BCUT2D eigenvalue weighted by Crippen LogP contribution is 2.28. The zero-order valence-corrected chi connectivity index (χ0v) is 10.7. The van der Waals surface area contributed by atoms with Crippen molar-refractivity contribution in [1.82, 2.24) is 14.9 Å². The highest BCUT2D eigenvalue weighted by atomic mass is 16.4. The minimum atomic E-state index is -0.963. The van der Waals surface area contributed by atoms with E-state index in [4.69, 9.17) is 0 Å². The van der Waals surface area contributed by atoms with Gasteiger partial charge in [-0.05, 0) is 32.4 Å². The first-order valence-electron chi connectivity index (χ1n) is 6.08. The van der Waals surface area contributed by atoms with Crippen molar-refractivity contribution < 1.29 is 14.7 Å². The lowest BCUT2D eigenvalue weighted by atomic mass is 9.99. The molecule has 1 aromatic rings. The average Bonchev–Trinajstić information content (AvgIpc) is 2.73. The van der Waals surface area contributed by atoms with Crippen molar-refractivity contribution in [1.29, 1.82) is 0 Å². The first kappa shape index (κ1) is 13.4. The van der Waals surface area contributed by atoms with Crippen LogP contribution in [0.5, 0.6) is 0 Å². The Labute approximate surface area is 110 Å². The maximum Gasteiger partial charge on any atom is 0.323 e. The van der Waals surface area contributed by atoms with Gasteiger partial charge in [-0.3, -0.25) is 19.8 Å². The smallest absolute Gasteiger partial charge is 0.323 e. The van der Waals surface area contributed by atoms with Gasteiger partial charge in [0.2, 0.25) is 11.9 Å². The number of carboxylic acid groups (broad SMARTS) is 1. The molecule has 0 saturated carbocycles. The number of nitrogens with zero attached hydrogens (tertiary/aromatic N) is 3. The highest BCUT2D eigenvalue weighted by Gasteiger charge is 2.43. The van der Waals surface area contributed by atoms with Gasteiger partial charge in [0, 0.05) is 12.4 Å². The van der Waals surface area contributed by atoms with E-state index in [9.17, 15) is 14.7 Å². The third-order valence-electron chi connectivity index (χ3n) is 3.40. The number of carbonyl (C=O) groups is 2. The molecule has 1 aliphatic heterocycles. The van der Waals surface area contributed by atoms with E-state index < -0.39 is 11.5 Å². The van der Waals surface area contributed by atoms with Crippen LogP contribution in [0.1, 0.15) is 19.8 Å². The van der Waals surface area contributed by atoms with Gasteiger partial charge in [0.15, 0.2) is 0 Å². The lowest BCUT2D eigenvalue weighted by molar-refractivity contribution is -0.149. The molecule has 19 heavy (non-hydrogen) atoms. The lowest BCUT2D eigenvalue weighted by Gasteiger charge is -2.30. The van der Waals surface area contributed by atoms with Crippen molar-refractivity contribution in [2.24, 2.45) is 0 Å². The summed E-state index contributed by atoms with van der Waals surface area (Å²) in [5.41, 5.74) is -0.963. The molecule has 0 aromatic carbocycles. The van der Waals surface area contributed by atoms with Crippen LogP contribution in [0.2, 0.25) is 0 Å². The molecular formula is C12H16N4O3. The van der Waals surface area contributed by atoms with Crippen molar-refractivity contribution in [2.45, 2.75) is 25.3 Å². The molecule has 2 heterocycles. The molecule has 7 heteroatoms. The maximum atomic E-state index is 11.9. The molecule has 0 spiro atoms. The number of rotatable bonds is 4. The molecule has 1 saturated heterocycles. The lowest BCUT2D eigenvalue weighted by Crippen LogP contribution is -2.50. The van der Waals surface area contributed by atoms with E-state index in [-0.39, 0.29) is 18.4 Å². The Morgan fingerprint density at radius 1 is 1.47 bits per heavy atom. The molecule has 1 amide bonds. The van der Waals surface area contributed by atoms with Crippen LogP contribution in [0.4, 0.5) is 5.95 Å².